The molecule has 28 heavy (non-hydrogen) atoms. The van der Waals surface area contributed by atoms with Gasteiger partial charge in [-0.15, -0.1) is 0 Å². The highest BCUT2D eigenvalue weighted by Gasteiger charge is 2.18. The van der Waals surface area contributed by atoms with E-state index in [2.05, 4.69) is 10.6 Å². The third-order valence-corrected chi connectivity index (χ3v) is 3.88. The van der Waals surface area contributed by atoms with Gasteiger partial charge in [0.1, 0.15) is 5.75 Å². The fourth-order valence-electron chi connectivity index (χ4n) is 2.62. The first-order valence-corrected chi connectivity index (χ1v) is 8.51. The number of amides is 2. The van der Waals surface area contributed by atoms with Crippen LogP contribution in [0, 0.1) is 0 Å². The molecule has 0 saturated heterocycles. The van der Waals surface area contributed by atoms with Crippen molar-refractivity contribution in [2.75, 3.05) is 10.6 Å². The second kappa shape index (κ2) is 8.59. The molecule has 142 valence electrons. The van der Waals surface area contributed by atoms with E-state index in [4.69, 9.17) is 10.5 Å². The summed E-state index contributed by atoms with van der Waals surface area (Å²) in [5.41, 5.74) is 6.81. The van der Waals surface area contributed by atoms with Crippen molar-refractivity contribution >= 4 is 23.4 Å². The lowest BCUT2D eigenvalue weighted by Crippen LogP contribution is -2.20. The Morgan fingerprint density at radius 3 is 2.14 bits per heavy atom. The van der Waals surface area contributed by atoms with Crippen LogP contribution in [-0.4, -0.2) is 17.1 Å². The van der Waals surface area contributed by atoms with Gasteiger partial charge in [0.05, 0.1) is 16.9 Å². The van der Waals surface area contributed by atoms with Gasteiger partial charge in [-0.3, -0.25) is 0 Å². The third-order valence-electron chi connectivity index (χ3n) is 3.88. The van der Waals surface area contributed by atoms with Crippen LogP contribution in [0.3, 0.4) is 0 Å². The molecule has 5 N–H and O–H groups in total. The number of benzene rings is 3. The van der Waals surface area contributed by atoms with Crippen LogP contribution in [-0.2, 0) is 6.54 Å². The number of carbonyl (C=O) groups is 2. The molecular weight excluding hydrogens is 358 g/mol. The van der Waals surface area contributed by atoms with Crippen LogP contribution in [0.2, 0.25) is 0 Å². The van der Waals surface area contributed by atoms with Gasteiger partial charge in [-0.25, -0.2) is 9.59 Å². The predicted molar refractivity (Wildman–Crippen MR) is 107 cm³/mol. The Bertz CT molecular complexity index is 976. The van der Waals surface area contributed by atoms with E-state index in [1.54, 1.807) is 24.3 Å². The highest BCUT2D eigenvalue weighted by Crippen LogP contribution is 2.38. The van der Waals surface area contributed by atoms with E-state index in [0.29, 0.717) is 18.0 Å². The molecule has 0 aliphatic carbocycles. The van der Waals surface area contributed by atoms with E-state index in [1.165, 1.54) is 12.1 Å². The van der Waals surface area contributed by atoms with Gasteiger partial charge in [0.25, 0.3) is 0 Å². The molecule has 0 radical (unpaired) electrons. The number of hydrogen-bond acceptors (Lipinski definition) is 4. The lowest BCUT2D eigenvalue weighted by molar-refractivity contribution is 0.0697. The van der Waals surface area contributed by atoms with E-state index in [-0.39, 0.29) is 17.0 Å². The molecule has 7 nitrogen and oxygen atoms in total. The zero-order valence-electron chi connectivity index (χ0n) is 14.9. The summed E-state index contributed by atoms with van der Waals surface area (Å²) in [5, 5.41) is 15.0. The van der Waals surface area contributed by atoms with Gasteiger partial charge in [-0.1, -0.05) is 48.5 Å². The zero-order valence-corrected chi connectivity index (χ0v) is 14.9. The minimum atomic E-state index is -1.14. The van der Waals surface area contributed by atoms with Crippen molar-refractivity contribution < 1.29 is 19.4 Å². The number of aromatic carboxylic acids is 1. The van der Waals surface area contributed by atoms with Crippen LogP contribution in [0.4, 0.5) is 16.2 Å². The van der Waals surface area contributed by atoms with Crippen LogP contribution in [0.5, 0.6) is 11.5 Å². The summed E-state index contributed by atoms with van der Waals surface area (Å²) in [5.74, 6) is -0.340. The second-order valence-corrected chi connectivity index (χ2v) is 5.95. The first kappa shape index (κ1) is 18.8. The maximum atomic E-state index is 11.5. The summed E-state index contributed by atoms with van der Waals surface area (Å²) in [6.07, 6.45) is 0. The molecule has 0 unspecified atom stereocenters. The fourth-order valence-corrected chi connectivity index (χ4v) is 2.62. The van der Waals surface area contributed by atoms with Crippen LogP contribution in [0.15, 0.2) is 72.8 Å². The number of anilines is 2. The third kappa shape index (κ3) is 4.79. The SMILES string of the molecule is NC(=O)Nc1cc(C(=O)O)cc(NCc2ccccc2)c1Oc1ccccc1. The topological polar surface area (TPSA) is 114 Å². The number of carboxylic acids is 1. The van der Waals surface area contributed by atoms with Gasteiger partial charge in [-0.05, 0) is 29.8 Å². The number of nitrogens with one attached hydrogen (secondary N) is 2. The van der Waals surface area contributed by atoms with E-state index in [1.807, 2.05) is 36.4 Å². The monoisotopic (exact) mass is 377 g/mol. The van der Waals surface area contributed by atoms with Crippen molar-refractivity contribution in [1.82, 2.24) is 0 Å². The molecule has 3 rings (SSSR count). The number of urea groups is 1. The van der Waals surface area contributed by atoms with Crippen molar-refractivity contribution in [3.63, 3.8) is 0 Å². The summed E-state index contributed by atoms with van der Waals surface area (Å²) in [6.45, 7) is 0.436. The highest BCUT2D eigenvalue weighted by atomic mass is 16.5. The summed E-state index contributed by atoms with van der Waals surface area (Å²) < 4.78 is 5.94. The largest absolute Gasteiger partial charge is 0.478 e. The minimum absolute atomic E-state index is 0.0141. The lowest BCUT2D eigenvalue weighted by Gasteiger charge is -2.18. The van der Waals surface area contributed by atoms with Crippen molar-refractivity contribution in [3.05, 3.63) is 83.9 Å². The molecule has 0 saturated carbocycles. The van der Waals surface area contributed by atoms with Gasteiger partial charge in [-0.2, -0.15) is 0 Å². The molecule has 0 spiro atoms. The Kier molecular flexibility index (Phi) is 5.76. The van der Waals surface area contributed by atoms with Crippen LogP contribution >= 0.6 is 0 Å². The molecule has 0 aliphatic rings. The highest BCUT2D eigenvalue weighted by molar-refractivity contribution is 5.97. The molecule has 0 fully saturated rings. The van der Waals surface area contributed by atoms with E-state index in [0.717, 1.165) is 5.56 Å². The van der Waals surface area contributed by atoms with Crippen molar-refractivity contribution in [2.24, 2.45) is 5.73 Å². The number of ether oxygens (including phenoxy) is 1. The first-order chi connectivity index (χ1) is 13.5. The van der Waals surface area contributed by atoms with E-state index >= 15 is 0 Å². The normalized spacial score (nSPS) is 10.1. The van der Waals surface area contributed by atoms with Gasteiger partial charge in [0.15, 0.2) is 5.75 Å². The molecule has 0 aromatic heterocycles. The Balaban J connectivity index is 2.02. The van der Waals surface area contributed by atoms with Crippen molar-refractivity contribution in [2.45, 2.75) is 6.54 Å². The maximum absolute atomic E-state index is 11.5. The Hall–Kier alpha value is -4.00. The Morgan fingerprint density at radius 1 is 0.929 bits per heavy atom. The standard InChI is InChI=1S/C21H19N3O4/c22-21(27)24-18-12-15(20(25)26)11-17(23-13-14-7-3-1-4-8-14)19(18)28-16-9-5-2-6-10-16/h1-12,23H,13H2,(H,25,26)(H3,22,24,27). The Labute approximate surface area is 161 Å². The van der Waals surface area contributed by atoms with Gasteiger partial charge >= 0.3 is 12.0 Å². The number of rotatable bonds is 7. The van der Waals surface area contributed by atoms with E-state index < -0.39 is 12.0 Å². The smallest absolute Gasteiger partial charge is 0.335 e. The van der Waals surface area contributed by atoms with Crippen LogP contribution in [0.1, 0.15) is 15.9 Å². The number of nitrogens with two attached hydrogens (primary N) is 1. The summed E-state index contributed by atoms with van der Waals surface area (Å²) in [4.78, 5) is 23.0. The Morgan fingerprint density at radius 2 is 1.54 bits per heavy atom. The second-order valence-electron chi connectivity index (χ2n) is 5.95. The molecule has 0 atom stereocenters. The molecule has 0 heterocycles. The summed E-state index contributed by atoms with van der Waals surface area (Å²) in [7, 11) is 0. The van der Waals surface area contributed by atoms with Gasteiger partial charge in [0, 0.05) is 6.54 Å². The quantitative estimate of drug-likeness (QED) is 0.491. The first-order valence-electron chi connectivity index (χ1n) is 8.51. The average molecular weight is 377 g/mol. The summed E-state index contributed by atoms with van der Waals surface area (Å²) in [6, 6.07) is 20.5. The predicted octanol–water partition coefficient (Wildman–Crippen LogP) is 4.28. The van der Waals surface area contributed by atoms with Crippen LogP contribution in [0.25, 0.3) is 0 Å². The maximum Gasteiger partial charge on any atom is 0.335 e. The molecule has 2 amide bonds. The molecular formula is C21H19N3O4. The molecule has 0 aliphatic heterocycles. The molecule has 0 bridgehead atoms. The van der Waals surface area contributed by atoms with E-state index in [9.17, 15) is 14.7 Å². The number of carboxylic acid groups (broad SMARTS) is 1. The number of para-hydroxylation sites is 1. The number of hydrogen-bond donors (Lipinski definition) is 4. The number of primary amides is 1. The van der Waals surface area contributed by atoms with Gasteiger partial charge < -0.3 is 26.2 Å². The average Bonchev–Trinajstić information content (AvgIpc) is 2.69. The lowest BCUT2D eigenvalue weighted by atomic mass is 10.1. The fraction of sp³-hybridized carbons (Fsp3) is 0.0476. The molecule has 3 aromatic carbocycles. The minimum Gasteiger partial charge on any atom is -0.478 e. The van der Waals surface area contributed by atoms with Crippen molar-refractivity contribution in [3.8, 4) is 11.5 Å². The van der Waals surface area contributed by atoms with Gasteiger partial charge in [0.2, 0.25) is 0 Å². The number of carbonyl (C=O) groups excluding carboxylic acids is 1. The summed E-state index contributed by atoms with van der Waals surface area (Å²) >= 11 is 0. The van der Waals surface area contributed by atoms with Crippen molar-refractivity contribution in [1.29, 1.82) is 0 Å². The molecule has 7 heteroatoms. The molecule has 3 aromatic rings. The van der Waals surface area contributed by atoms with Crippen LogP contribution < -0.4 is 21.1 Å². The zero-order chi connectivity index (χ0) is 19.9.